The van der Waals surface area contributed by atoms with Crippen molar-refractivity contribution in [2.24, 2.45) is 0 Å². The van der Waals surface area contributed by atoms with E-state index in [1.807, 2.05) is 32.0 Å². The fourth-order valence-electron chi connectivity index (χ4n) is 2.07. The van der Waals surface area contributed by atoms with E-state index in [4.69, 9.17) is 21.1 Å². The van der Waals surface area contributed by atoms with Crippen molar-refractivity contribution in [3.8, 4) is 11.5 Å². The first-order valence-corrected chi connectivity index (χ1v) is 8.19. The van der Waals surface area contributed by atoms with Gasteiger partial charge in [0, 0.05) is 5.02 Å². The van der Waals surface area contributed by atoms with Crippen LogP contribution in [0, 0.1) is 20.8 Å². The Labute approximate surface area is 147 Å². The molecule has 0 spiro atoms. The van der Waals surface area contributed by atoms with Crippen molar-refractivity contribution in [2.45, 2.75) is 20.8 Å². The van der Waals surface area contributed by atoms with Gasteiger partial charge in [0.15, 0.2) is 6.61 Å². The van der Waals surface area contributed by atoms with Crippen LogP contribution in [0.5, 0.6) is 11.5 Å². The van der Waals surface area contributed by atoms with Gasteiger partial charge in [-0.2, -0.15) is 0 Å². The summed E-state index contributed by atoms with van der Waals surface area (Å²) >= 11 is 5.95. The summed E-state index contributed by atoms with van der Waals surface area (Å²) in [7, 11) is 0. The minimum atomic E-state index is -0.189. The molecule has 0 aliphatic carbocycles. The lowest BCUT2D eigenvalue weighted by molar-refractivity contribution is -0.123. The first kappa shape index (κ1) is 18.1. The summed E-state index contributed by atoms with van der Waals surface area (Å²) in [6.45, 7) is 6.79. The van der Waals surface area contributed by atoms with Gasteiger partial charge >= 0.3 is 0 Å². The zero-order valence-electron chi connectivity index (χ0n) is 14.2. The molecular weight excluding hydrogens is 326 g/mol. The van der Waals surface area contributed by atoms with Crippen LogP contribution in [-0.4, -0.2) is 25.7 Å². The Morgan fingerprint density at radius 2 is 1.62 bits per heavy atom. The minimum absolute atomic E-state index is 0.0370. The molecule has 0 heterocycles. The standard InChI is InChI=1S/C19H22ClNO3/c1-13-4-5-16(10-14(13)2)23-9-8-21-19(22)12-24-17-6-7-18(20)15(3)11-17/h4-7,10-11H,8-9,12H2,1-3H3,(H,21,22). The minimum Gasteiger partial charge on any atom is -0.492 e. The topological polar surface area (TPSA) is 47.6 Å². The lowest BCUT2D eigenvalue weighted by Gasteiger charge is -2.10. The molecule has 0 radical (unpaired) electrons. The van der Waals surface area contributed by atoms with Crippen LogP contribution in [0.1, 0.15) is 16.7 Å². The molecular formula is C19H22ClNO3. The molecule has 0 fully saturated rings. The zero-order chi connectivity index (χ0) is 17.5. The number of amides is 1. The van der Waals surface area contributed by atoms with E-state index in [-0.39, 0.29) is 12.5 Å². The third-order valence-electron chi connectivity index (χ3n) is 3.67. The van der Waals surface area contributed by atoms with Gasteiger partial charge in [0.05, 0.1) is 6.54 Å². The number of carbonyl (C=O) groups excluding carboxylic acids is 1. The average molecular weight is 348 g/mol. The van der Waals surface area contributed by atoms with E-state index >= 15 is 0 Å². The first-order valence-electron chi connectivity index (χ1n) is 7.81. The highest BCUT2D eigenvalue weighted by Crippen LogP contribution is 2.20. The molecule has 5 heteroatoms. The van der Waals surface area contributed by atoms with E-state index in [0.717, 1.165) is 11.3 Å². The second-order valence-corrected chi connectivity index (χ2v) is 6.05. The lowest BCUT2D eigenvalue weighted by atomic mass is 10.1. The molecule has 24 heavy (non-hydrogen) atoms. The normalized spacial score (nSPS) is 10.3. The van der Waals surface area contributed by atoms with Gasteiger partial charge in [-0.15, -0.1) is 0 Å². The van der Waals surface area contributed by atoms with Crippen molar-refractivity contribution in [3.63, 3.8) is 0 Å². The maximum atomic E-state index is 11.8. The second kappa shape index (κ2) is 8.60. The quantitative estimate of drug-likeness (QED) is 0.774. The Morgan fingerprint density at radius 3 is 2.33 bits per heavy atom. The van der Waals surface area contributed by atoms with E-state index in [1.165, 1.54) is 11.1 Å². The number of hydrogen-bond acceptors (Lipinski definition) is 3. The molecule has 0 bridgehead atoms. The van der Waals surface area contributed by atoms with Crippen LogP contribution in [0.25, 0.3) is 0 Å². The highest BCUT2D eigenvalue weighted by Gasteiger charge is 2.04. The Morgan fingerprint density at radius 1 is 0.958 bits per heavy atom. The first-order chi connectivity index (χ1) is 11.5. The second-order valence-electron chi connectivity index (χ2n) is 5.64. The summed E-state index contributed by atoms with van der Waals surface area (Å²) in [6.07, 6.45) is 0. The molecule has 4 nitrogen and oxygen atoms in total. The monoisotopic (exact) mass is 347 g/mol. The average Bonchev–Trinajstić information content (AvgIpc) is 2.56. The largest absolute Gasteiger partial charge is 0.492 e. The molecule has 1 amide bonds. The van der Waals surface area contributed by atoms with Crippen LogP contribution in [0.2, 0.25) is 5.02 Å². The van der Waals surface area contributed by atoms with Gasteiger partial charge in [0.1, 0.15) is 18.1 Å². The van der Waals surface area contributed by atoms with Gasteiger partial charge in [0.2, 0.25) is 0 Å². The van der Waals surface area contributed by atoms with Crippen LogP contribution in [-0.2, 0) is 4.79 Å². The molecule has 128 valence electrons. The molecule has 2 aromatic carbocycles. The van der Waals surface area contributed by atoms with E-state index in [2.05, 4.69) is 12.2 Å². The van der Waals surface area contributed by atoms with Gasteiger partial charge in [0.25, 0.3) is 5.91 Å². The number of ether oxygens (including phenoxy) is 2. The Balaban J connectivity index is 1.67. The number of nitrogens with one attached hydrogen (secondary N) is 1. The number of halogens is 1. The van der Waals surface area contributed by atoms with E-state index in [9.17, 15) is 4.79 Å². The van der Waals surface area contributed by atoms with Crippen molar-refractivity contribution in [2.75, 3.05) is 19.8 Å². The maximum absolute atomic E-state index is 11.8. The molecule has 0 aliphatic rings. The molecule has 2 aromatic rings. The van der Waals surface area contributed by atoms with Crippen LogP contribution < -0.4 is 14.8 Å². The zero-order valence-corrected chi connectivity index (χ0v) is 14.9. The van der Waals surface area contributed by atoms with Crippen molar-refractivity contribution in [1.29, 1.82) is 0 Å². The molecule has 1 N–H and O–H groups in total. The van der Waals surface area contributed by atoms with E-state index in [1.54, 1.807) is 18.2 Å². The summed E-state index contributed by atoms with van der Waals surface area (Å²) < 4.78 is 11.1. The Kier molecular flexibility index (Phi) is 6.50. The highest BCUT2D eigenvalue weighted by molar-refractivity contribution is 6.31. The number of benzene rings is 2. The Bertz CT molecular complexity index is 716. The number of rotatable bonds is 7. The predicted octanol–water partition coefficient (Wildman–Crippen LogP) is 3.84. The van der Waals surface area contributed by atoms with Crippen molar-refractivity contribution >= 4 is 17.5 Å². The summed E-state index contributed by atoms with van der Waals surface area (Å²) in [6, 6.07) is 11.2. The van der Waals surface area contributed by atoms with Gasteiger partial charge in [-0.05, 0) is 67.8 Å². The Hall–Kier alpha value is -2.20. The molecule has 0 aromatic heterocycles. The number of carbonyl (C=O) groups is 1. The van der Waals surface area contributed by atoms with Crippen LogP contribution >= 0.6 is 11.6 Å². The van der Waals surface area contributed by atoms with Gasteiger partial charge in [-0.1, -0.05) is 17.7 Å². The third kappa shape index (κ3) is 5.46. The molecule has 0 saturated carbocycles. The van der Waals surface area contributed by atoms with E-state index in [0.29, 0.717) is 23.9 Å². The third-order valence-corrected chi connectivity index (χ3v) is 4.09. The van der Waals surface area contributed by atoms with Crippen molar-refractivity contribution < 1.29 is 14.3 Å². The lowest BCUT2D eigenvalue weighted by Crippen LogP contribution is -2.32. The molecule has 2 rings (SSSR count). The molecule has 0 aliphatic heterocycles. The summed E-state index contributed by atoms with van der Waals surface area (Å²) in [4.78, 5) is 11.8. The summed E-state index contributed by atoms with van der Waals surface area (Å²) in [5.74, 6) is 1.24. The van der Waals surface area contributed by atoms with Crippen molar-refractivity contribution in [1.82, 2.24) is 5.32 Å². The molecule has 0 unspecified atom stereocenters. The van der Waals surface area contributed by atoms with E-state index < -0.39 is 0 Å². The fourth-order valence-corrected chi connectivity index (χ4v) is 2.19. The van der Waals surface area contributed by atoms with Crippen molar-refractivity contribution in [3.05, 3.63) is 58.1 Å². The summed E-state index contributed by atoms with van der Waals surface area (Å²) in [5.41, 5.74) is 3.32. The van der Waals surface area contributed by atoms with Gasteiger partial charge in [-0.3, -0.25) is 4.79 Å². The van der Waals surface area contributed by atoms with Crippen LogP contribution in [0.15, 0.2) is 36.4 Å². The summed E-state index contributed by atoms with van der Waals surface area (Å²) in [5, 5.41) is 3.44. The smallest absolute Gasteiger partial charge is 0.258 e. The van der Waals surface area contributed by atoms with Gasteiger partial charge < -0.3 is 14.8 Å². The van der Waals surface area contributed by atoms with Gasteiger partial charge in [-0.25, -0.2) is 0 Å². The molecule has 0 atom stereocenters. The SMILES string of the molecule is Cc1ccc(OCCNC(=O)COc2ccc(Cl)c(C)c2)cc1C. The van der Waals surface area contributed by atoms with Crippen LogP contribution in [0.3, 0.4) is 0 Å². The number of hydrogen-bond donors (Lipinski definition) is 1. The van der Waals surface area contributed by atoms with Crippen LogP contribution in [0.4, 0.5) is 0 Å². The predicted molar refractivity (Wildman–Crippen MR) is 96.1 cm³/mol. The molecule has 0 saturated heterocycles. The fraction of sp³-hybridized carbons (Fsp3) is 0.316. The maximum Gasteiger partial charge on any atom is 0.258 e. The number of aryl methyl sites for hydroxylation is 3. The highest BCUT2D eigenvalue weighted by atomic mass is 35.5.